The van der Waals surface area contributed by atoms with Crippen LogP contribution in [0.4, 0.5) is 4.79 Å². The van der Waals surface area contributed by atoms with Crippen LogP contribution in [0.25, 0.3) is 0 Å². The first kappa shape index (κ1) is 16.2. The van der Waals surface area contributed by atoms with Crippen LogP contribution in [0.3, 0.4) is 0 Å². The fourth-order valence-electron chi connectivity index (χ4n) is 2.97. The summed E-state index contributed by atoms with van der Waals surface area (Å²) in [4.78, 5) is 18.7. The van der Waals surface area contributed by atoms with Gasteiger partial charge in [0.2, 0.25) is 0 Å². The van der Waals surface area contributed by atoms with Crippen molar-refractivity contribution >= 4 is 29.2 Å². The molecule has 1 fully saturated rings. The SMILES string of the molecule is NC(=O)N1CCN(Cc2ccc(Cl)c(Cl)c2)CC1c1cc[nH]c1. The van der Waals surface area contributed by atoms with Crippen molar-refractivity contribution in [1.29, 1.82) is 0 Å². The number of benzene rings is 1. The molecule has 1 unspecified atom stereocenters. The van der Waals surface area contributed by atoms with Crippen LogP contribution in [0.15, 0.2) is 36.7 Å². The van der Waals surface area contributed by atoms with Crippen molar-refractivity contribution in [2.24, 2.45) is 5.73 Å². The summed E-state index contributed by atoms with van der Waals surface area (Å²) in [5.74, 6) is 0. The van der Waals surface area contributed by atoms with Crippen molar-refractivity contribution in [3.8, 4) is 0 Å². The van der Waals surface area contributed by atoms with Crippen LogP contribution in [0.5, 0.6) is 0 Å². The third-order valence-electron chi connectivity index (χ3n) is 4.14. The van der Waals surface area contributed by atoms with E-state index in [4.69, 9.17) is 28.9 Å². The lowest BCUT2D eigenvalue weighted by Gasteiger charge is -2.40. The van der Waals surface area contributed by atoms with E-state index in [0.717, 1.165) is 30.8 Å². The lowest BCUT2D eigenvalue weighted by molar-refractivity contribution is 0.0939. The van der Waals surface area contributed by atoms with Crippen LogP contribution in [0, 0.1) is 0 Å². The lowest BCUT2D eigenvalue weighted by Crippen LogP contribution is -2.51. The zero-order valence-corrected chi connectivity index (χ0v) is 14.0. The van der Waals surface area contributed by atoms with E-state index in [1.807, 2.05) is 36.7 Å². The summed E-state index contributed by atoms with van der Waals surface area (Å²) >= 11 is 12.0. The first-order valence-electron chi connectivity index (χ1n) is 7.39. The number of nitrogens with zero attached hydrogens (tertiary/aromatic N) is 2. The summed E-state index contributed by atoms with van der Waals surface area (Å²) in [5.41, 5.74) is 7.68. The third kappa shape index (κ3) is 3.63. The Morgan fingerprint density at radius 2 is 2.09 bits per heavy atom. The smallest absolute Gasteiger partial charge is 0.315 e. The van der Waals surface area contributed by atoms with Crippen molar-refractivity contribution < 1.29 is 4.79 Å². The molecule has 3 rings (SSSR count). The molecule has 1 aromatic heterocycles. The highest BCUT2D eigenvalue weighted by atomic mass is 35.5. The van der Waals surface area contributed by atoms with Crippen LogP contribution >= 0.6 is 23.2 Å². The van der Waals surface area contributed by atoms with Gasteiger partial charge in [-0.15, -0.1) is 0 Å². The van der Waals surface area contributed by atoms with Gasteiger partial charge < -0.3 is 15.6 Å². The van der Waals surface area contributed by atoms with E-state index in [0.29, 0.717) is 16.6 Å². The largest absolute Gasteiger partial charge is 0.367 e. The van der Waals surface area contributed by atoms with Gasteiger partial charge in [0, 0.05) is 38.6 Å². The van der Waals surface area contributed by atoms with Gasteiger partial charge in [0.15, 0.2) is 0 Å². The zero-order valence-electron chi connectivity index (χ0n) is 12.5. The van der Waals surface area contributed by atoms with Gasteiger partial charge >= 0.3 is 6.03 Å². The number of primary amides is 1. The standard InChI is InChI=1S/C16H18Cl2N4O/c17-13-2-1-11(7-14(13)18)9-21-5-6-22(16(19)23)15(10-21)12-3-4-20-8-12/h1-4,7-8,15,20H,5-6,9-10H2,(H2,19,23). The van der Waals surface area contributed by atoms with Gasteiger partial charge in [0.25, 0.3) is 0 Å². The predicted octanol–water partition coefficient (Wildman–Crippen LogP) is 3.26. The van der Waals surface area contributed by atoms with Crippen LogP contribution < -0.4 is 5.73 Å². The van der Waals surface area contributed by atoms with Crippen LogP contribution in [0.2, 0.25) is 10.0 Å². The van der Waals surface area contributed by atoms with E-state index < -0.39 is 0 Å². The molecule has 7 heteroatoms. The summed E-state index contributed by atoms with van der Waals surface area (Å²) in [7, 11) is 0. The van der Waals surface area contributed by atoms with Crippen LogP contribution in [-0.4, -0.2) is 40.4 Å². The molecular weight excluding hydrogens is 335 g/mol. The number of hydrogen-bond donors (Lipinski definition) is 2. The number of piperazine rings is 1. The Balaban J connectivity index is 1.75. The van der Waals surface area contributed by atoms with E-state index in [1.54, 1.807) is 4.90 Å². The molecule has 0 radical (unpaired) electrons. The average Bonchev–Trinajstić information content (AvgIpc) is 3.05. The normalized spacial score (nSPS) is 19.0. The fraction of sp³-hybridized carbons (Fsp3) is 0.312. The Hall–Kier alpha value is -1.69. The molecule has 3 N–H and O–H groups in total. The number of aromatic nitrogens is 1. The maximum Gasteiger partial charge on any atom is 0.315 e. The molecule has 1 saturated heterocycles. The van der Waals surface area contributed by atoms with Crippen molar-refractivity contribution in [2.75, 3.05) is 19.6 Å². The van der Waals surface area contributed by atoms with Gasteiger partial charge in [-0.2, -0.15) is 0 Å². The average molecular weight is 353 g/mol. The van der Waals surface area contributed by atoms with Crippen LogP contribution in [-0.2, 0) is 6.54 Å². The molecule has 2 aromatic rings. The number of rotatable bonds is 3. The second-order valence-corrected chi connectivity index (χ2v) is 6.49. The van der Waals surface area contributed by atoms with Crippen molar-refractivity contribution in [3.05, 3.63) is 57.8 Å². The third-order valence-corrected chi connectivity index (χ3v) is 4.88. The minimum Gasteiger partial charge on any atom is -0.367 e. The Kier molecular flexibility index (Phi) is 4.80. The zero-order chi connectivity index (χ0) is 16.4. The van der Waals surface area contributed by atoms with Crippen molar-refractivity contribution in [1.82, 2.24) is 14.8 Å². The van der Waals surface area contributed by atoms with Gasteiger partial charge in [0.1, 0.15) is 0 Å². The molecule has 122 valence electrons. The minimum atomic E-state index is -0.384. The number of aromatic amines is 1. The molecule has 5 nitrogen and oxygen atoms in total. The Bertz CT molecular complexity index is 689. The molecule has 1 aromatic carbocycles. The van der Waals surface area contributed by atoms with Crippen LogP contribution in [0.1, 0.15) is 17.2 Å². The highest BCUT2D eigenvalue weighted by molar-refractivity contribution is 6.42. The quantitative estimate of drug-likeness (QED) is 0.890. The molecule has 0 spiro atoms. The molecule has 2 heterocycles. The summed E-state index contributed by atoms with van der Waals surface area (Å²) in [6, 6.07) is 7.21. The number of carbonyl (C=O) groups excluding carboxylic acids is 1. The number of nitrogens with one attached hydrogen (secondary N) is 1. The fourth-order valence-corrected chi connectivity index (χ4v) is 3.29. The Labute approximate surface area is 145 Å². The first-order chi connectivity index (χ1) is 11.0. The number of nitrogens with two attached hydrogens (primary N) is 1. The van der Waals surface area contributed by atoms with Gasteiger partial charge in [-0.3, -0.25) is 4.90 Å². The highest BCUT2D eigenvalue weighted by Crippen LogP contribution is 2.27. The van der Waals surface area contributed by atoms with Gasteiger partial charge in [0.05, 0.1) is 16.1 Å². The van der Waals surface area contributed by atoms with E-state index in [9.17, 15) is 4.79 Å². The number of halogens is 2. The molecule has 0 bridgehead atoms. The number of urea groups is 1. The number of carbonyl (C=O) groups is 1. The number of hydrogen-bond acceptors (Lipinski definition) is 2. The summed E-state index contributed by atoms with van der Waals surface area (Å²) in [6.07, 6.45) is 3.76. The van der Waals surface area contributed by atoms with Gasteiger partial charge in [-0.05, 0) is 29.3 Å². The van der Waals surface area contributed by atoms with Crippen molar-refractivity contribution in [3.63, 3.8) is 0 Å². The number of H-pyrrole nitrogens is 1. The maximum absolute atomic E-state index is 11.7. The summed E-state index contributed by atoms with van der Waals surface area (Å²) < 4.78 is 0. The minimum absolute atomic E-state index is 0.0460. The molecule has 2 amide bonds. The van der Waals surface area contributed by atoms with E-state index in [-0.39, 0.29) is 12.1 Å². The number of amides is 2. The first-order valence-corrected chi connectivity index (χ1v) is 8.15. The lowest BCUT2D eigenvalue weighted by atomic mass is 10.1. The summed E-state index contributed by atoms with van der Waals surface area (Å²) in [5, 5.41) is 1.11. The Morgan fingerprint density at radius 3 is 2.74 bits per heavy atom. The molecule has 1 aliphatic heterocycles. The molecule has 0 saturated carbocycles. The Morgan fingerprint density at radius 1 is 1.26 bits per heavy atom. The second kappa shape index (κ2) is 6.83. The maximum atomic E-state index is 11.7. The molecule has 0 aliphatic carbocycles. The summed E-state index contributed by atoms with van der Waals surface area (Å²) in [6.45, 7) is 2.85. The van der Waals surface area contributed by atoms with Crippen molar-refractivity contribution in [2.45, 2.75) is 12.6 Å². The molecule has 1 atom stereocenters. The molecular formula is C16H18Cl2N4O. The highest BCUT2D eigenvalue weighted by Gasteiger charge is 2.30. The topological polar surface area (TPSA) is 65.4 Å². The predicted molar refractivity (Wildman–Crippen MR) is 91.6 cm³/mol. The second-order valence-electron chi connectivity index (χ2n) is 5.68. The van der Waals surface area contributed by atoms with Gasteiger partial charge in [-0.1, -0.05) is 29.3 Å². The molecule has 23 heavy (non-hydrogen) atoms. The molecule has 1 aliphatic rings. The van der Waals surface area contributed by atoms with E-state index in [2.05, 4.69) is 9.88 Å². The van der Waals surface area contributed by atoms with Gasteiger partial charge in [-0.25, -0.2) is 4.79 Å². The monoisotopic (exact) mass is 352 g/mol. The van der Waals surface area contributed by atoms with E-state index in [1.165, 1.54) is 0 Å². The van der Waals surface area contributed by atoms with E-state index >= 15 is 0 Å².